The molecule has 2 N–H and O–H groups in total. The van der Waals surface area contributed by atoms with Crippen LogP contribution in [0.5, 0.6) is 0 Å². The van der Waals surface area contributed by atoms with Crippen molar-refractivity contribution in [2.45, 2.75) is 51.0 Å². The molecule has 0 aromatic rings. The lowest BCUT2D eigenvalue weighted by molar-refractivity contribution is -0.139. The quantitative estimate of drug-likeness (QED) is 0.516. The standard InChI is InChI=1S/C15H30N2O3/c1-19-11-12-20-13-15(18)17(10-6-9-16)14-7-4-2-3-5-8-14/h14H,2-13,16H2,1H3. The molecule has 118 valence electrons. The average Bonchev–Trinajstić information content (AvgIpc) is 2.73. The Morgan fingerprint density at radius 2 is 1.90 bits per heavy atom. The van der Waals surface area contributed by atoms with E-state index in [4.69, 9.17) is 15.2 Å². The van der Waals surface area contributed by atoms with Crippen molar-refractivity contribution in [1.29, 1.82) is 0 Å². The first-order valence-electron chi connectivity index (χ1n) is 7.85. The van der Waals surface area contributed by atoms with E-state index in [0.29, 0.717) is 25.8 Å². The number of nitrogens with two attached hydrogens (primary N) is 1. The van der Waals surface area contributed by atoms with Crippen molar-refractivity contribution in [3.05, 3.63) is 0 Å². The van der Waals surface area contributed by atoms with Crippen molar-refractivity contribution in [2.75, 3.05) is 40.0 Å². The van der Waals surface area contributed by atoms with Crippen molar-refractivity contribution in [3.8, 4) is 0 Å². The molecule has 0 aromatic heterocycles. The molecule has 0 saturated heterocycles. The van der Waals surface area contributed by atoms with Crippen molar-refractivity contribution in [2.24, 2.45) is 5.73 Å². The largest absolute Gasteiger partial charge is 0.382 e. The van der Waals surface area contributed by atoms with Crippen LogP contribution in [0.1, 0.15) is 44.9 Å². The van der Waals surface area contributed by atoms with E-state index in [-0.39, 0.29) is 12.5 Å². The number of methoxy groups -OCH3 is 1. The lowest BCUT2D eigenvalue weighted by Crippen LogP contribution is -2.43. The zero-order valence-corrected chi connectivity index (χ0v) is 12.8. The summed E-state index contributed by atoms with van der Waals surface area (Å²) in [5.41, 5.74) is 5.59. The van der Waals surface area contributed by atoms with Gasteiger partial charge in [0.1, 0.15) is 6.61 Å². The summed E-state index contributed by atoms with van der Waals surface area (Å²) in [6.07, 6.45) is 8.13. The number of carbonyl (C=O) groups is 1. The Kier molecular flexibility index (Phi) is 9.62. The van der Waals surface area contributed by atoms with Crippen LogP contribution in [0.4, 0.5) is 0 Å². The van der Waals surface area contributed by atoms with Gasteiger partial charge in [-0.15, -0.1) is 0 Å². The number of amides is 1. The van der Waals surface area contributed by atoms with Crippen LogP contribution >= 0.6 is 0 Å². The molecule has 0 radical (unpaired) electrons. The summed E-state index contributed by atoms with van der Waals surface area (Å²) >= 11 is 0. The molecule has 0 unspecified atom stereocenters. The Bertz CT molecular complexity index is 254. The van der Waals surface area contributed by atoms with Crippen molar-refractivity contribution in [3.63, 3.8) is 0 Å². The monoisotopic (exact) mass is 286 g/mol. The third-order valence-corrected chi connectivity index (χ3v) is 3.85. The Hall–Kier alpha value is -0.650. The second-order valence-electron chi connectivity index (χ2n) is 5.42. The second-order valence-corrected chi connectivity index (χ2v) is 5.42. The predicted octanol–water partition coefficient (Wildman–Crippen LogP) is 1.55. The van der Waals surface area contributed by atoms with Crippen LogP contribution in [0.3, 0.4) is 0 Å². The van der Waals surface area contributed by atoms with Gasteiger partial charge in [0.15, 0.2) is 0 Å². The fourth-order valence-electron chi connectivity index (χ4n) is 2.73. The maximum absolute atomic E-state index is 12.3. The van der Waals surface area contributed by atoms with Gasteiger partial charge in [0.05, 0.1) is 13.2 Å². The second kappa shape index (κ2) is 11.1. The van der Waals surface area contributed by atoms with E-state index in [9.17, 15) is 4.79 Å². The summed E-state index contributed by atoms with van der Waals surface area (Å²) in [4.78, 5) is 14.3. The molecule has 0 spiro atoms. The number of nitrogens with zero attached hydrogens (tertiary/aromatic N) is 1. The van der Waals surface area contributed by atoms with Gasteiger partial charge in [-0.2, -0.15) is 0 Å². The molecule has 0 bridgehead atoms. The fraction of sp³-hybridized carbons (Fsp3) is 0.933. The molecular weight excluding hydrogens is 256 g/mol. The van der Waals surface area contributed by atoms with E-state index < -0.39 is 0 Å². The third-order valence-electron chi connectivity index (χ3n) is 3.85. The lowest BCUT2D eigenvalue weighted by Gasteiger charge is -2.31. The fourth-order valence-corrected chi connectivity index (χ4v) is 2.73. The van der Waals surface area contributed by atoms with Gasteiger partial charge in [-0.05, 0) is 25.8 Å². The van der Waals surface area contributed by atoms with Gasteiger partial charge in [-0.1, -0.05) is 25.7 Å². The summed E-state index contributed by atoms with van der Waals surface area (Å²) in [6, 6.07) is 0.377. The first kappa shape index (κ1) is 17.4. The zero-order chi connectivity index (χ0) is 14.6. The van der Waals surface area contributed by atoms with Crippen LogP contribution < -0.4 is 5.73 Å². The third kappa shape index (κ3) is 6.68. The van der Waals surface area contributed by atoms with Crippen LogP contribution in [0.25, 0.3) is 0 Å². The number of carbonyl (C=O) groups excluding carboxylic acids is 1. The smallest absolute Gasteiger partial charge is 0.248 e. The molecule has 0 aromatic carbocycles. The summed E-state index contributed by atoms with van der Waals surface area (Å²) in [5.74, 6) is 0.0986. The SMILES string of the molecule is COCCOCC(=O)N(CCCN)C1CCCCCC1. The first-order valence-corrected chi connectivity index (χ1v) is 7.85. The molecule has 0 heterocycles. The van der Waals surface area contributed by atoms with Gasteiger partial charge >= 0.3 is 0 Å². The summed E-state index contributed by atoms with van der Waals surface area (Å²) in [7, 11) is 1.63. The zero-order valence-electron chi connectivity index (χ0n) is 12.8. The molecule has 1 aliphatic rings. The molecule has 5 nitrogen and oxygen atoms in total. The van der Waals surface area contributed by atoms with Gasteiger partial charge in [-0.25, -0.2) is 0 Å². The maximum Gasteiger partial charge on any atom is 0.248 e. The van der Waals surface area contributed by atoms with Crippen LogP contribution in [-0.4, -0.2) is 56.9 Å². The molecule has 1 amide bonds. The maximum atomic E-state index is 12.3. The van der Waals surface area contributed by atoms with Crippen molar-refractivity contribution >= 4 is 5.91 Å². The Morgan fingerprint density at radius 3 is 2.50 bits per heavy atom. The normalized spacial score (nSPS) is 16.9. The molecular formula is C15H30N2O3. The molecule has 1 rings (SSSR count). The highest BCUT2D eigenvalue weighted by Crippen LogP contribution is 2.22. The van der Waals surface area contributed by atoms with Gasteiger partial charge in [0.25, 0.3) is 0 Å². The minimum atomic E-state index is 0.0986. The number of hydrogen-bond donors (Lipinski definition) is 1. The van der Waals surface area contributed by atoms with Gasteiger partial charge < -0.3 is 20.1 Å². The van der Waals surface area contributed by atoms with Crippen molar-refractivity contribution < 1.29 is 14.3 Å². The van der Waals surface area contributed by atoms with E-state index in [2.05, 4.69) is 0 Å². The summed E-state index contributed by atoms with van der Waals surface area (Å²) < 4.78 is 10.3. The molecule has 20 heavy (non-hydrogen) atoms. The lowest BCUT2D eigenvalue weighted by atomic mass is 10.1. The van der Waals surface area contributed by atoms with E-state index in [1.807, 2.05) is 4.90 Å². The highest BCUT2D eigenvalue weighted by Gasteiger charge is 2.23. The minimum Gasteiger partial charge on any atom is -0.382 e. The summed E-state index contributed by atoms with van der Waals surface area (Å²) in [6.45, 7) is 2.54. The molecule has 1 fully saturated rings. The molecule has 0 aliphatic heterocycles. The van der Waals surface area contributed by atoms with E-state index in [1.165, 1.54) is 25.7 Å². The summed E-state index contributed by atoms with van der Waals surface area (Å²) in [5, 5.41) is 0. The van der Waals surface area contributed by atoms with Gasteiger partial charge in [0.2, 0.25) is 5.91 Å². The molecule has 5 heteroatoms. The Labute approximate surface area is 122 Å². The van der Waals surface area contributed by atoms with Crippen LogP contribution in [0.15, 0.2) is 0 Å². The Morgan fingerprint density at radius 1 is 1.20 bits per heavy atom. The van der Waals surface area contributed by atoms with Crippen LogP contribution in [-0.2, 0) is 14.3 Å². The first-order chi connectivity index (χ1) is 9.79. The highest BCUT2D eigenvalue weighted by atomic mass is 16.5. The highest BCUT2D eigenvalue weighted by molar-refractivity contribution is 5.77. The molecule has 1 aliphatic carbocycles. The topological polar surface area (TPSA) is 64.8 Å². The van der Waals surface area contributed by atoms with Crippen molar-refractivity contribution in [1.82, 2.24) is 4.90 Å². The van der Waals surface area contributed by atoms with E-state index >= 15 is 0 Å². The molecule has 1 saturated carbocycles. The van der Waals surface area contributed by atoms with E-state index in [1.54, 1.807) is 7.11 Å². The van der Waals surface area contributed by atoms with Gasteiger partial charge in [-0.3, -0.25) is 4.79 Å². The van der Waals surface area contributed by atoms with Crippen LogP contribution in [0.2, 0.25) is 0 Å². The average molecular weight is 286 g/mol. The minimum absolute atomic E-state index is 0.0986. The predicted molar refractivity (Wildman–Crippen MR) is 79.6 cm³/mol. The number of ether oxygens (including phenoxy) is 2. The van der Waals surface area contributed by atoms with Gasteiger partial charge in [0, 0.05) is 19.7 Å². The molecule has 0 atom stereocenters. The Balaban J connectivity index is 2.45. The van der Waals surface area contributed by atoms with E-state index in [0.717, 1.165) is 25.8 Å². The number of rotatable bonds is 9. The number of hydrogen-bond acceptors (Lipinski definition) is 4. The van der Waals surface area contributed by atoms with Crippen LogP contribution in [0, 0.1) is 0 Å².